The molecule has 1 aromatic heterocycles. The predicted molar refractivity (Wildman–Crippen MR) is 139 cm³/mol. The molecule has 1 aromatic carbocycles. The van der Waals surface area contributed by atoms with Gasteiger partial charge in [-0.1, -0.05) is 0 Å². The van der Waals surface area contributed by atoms with Crippen molar-refractivity contribution < 1.29 is 14.3 Å². The van der Waals surface area contributed by atoms with E-state index in [-0.39, 0.29) is 30.0 Å². The van der Waals surface area contributed by atoms with Crippen LogP contribution in [0.2, 0.25) is 0 Å². The number of urea groups is 1. The van der Waals surface area contributed by atoms with Crippen molar-refractivity contribution in [2.24, 2.45) is 11.5 Å². The van der Waals surface area contributed by atoms with Crippen LogP contribution in [0.4, 0.5) is 10.6 Å². The highest BCUT2D eigenvalue weighted by Gasteiger charge is 2.31. The Balaban J connectivity index is 1.30. The highest BCUT2D eigenvalue weighted by atomic mass is 16.5. The van der Waals surface area contributed by atoms with Gasteiger partial charge in [0.15, 0.2) is 0 Å². The van der Waals surface area contributed by atoms with E-state index >= 15 is 0 Å². The number of anilines is 1. The standard InChI is InChI=1S/C25H36N8O4/c1-16(28-18-14-17(26)15-18)37-20-6-4-19(5-7-20)33-9-8-21(30-24(33)36)29-23(35)32-12-10-31(11-13-32)22(34)25(2,3)27/h4-9,16-18,28H,10-15,26-27H2,1-3H3,(H,29,30,35,36). The Hall–Kier alpha value is -3.48. The second kappa shape index (κ2) is 10.9. The summed E-state index contributed by atoms with van der Waals surface area (Å²) in [5, 5.41) is 6.04. The number of nitrogens with two attached hydrogens (primary N) is 2. The molecule has 1 aliphatic heterocycles. The maximum Gasteiger partial charge on any atom is 0.354 e. The average molecular weight is 513 g/mol. The SMILES string of the molecule is CC(NC1CC(N)C1)Oc1ccc(-n2ccc(NC(=O)N3CCN(C(=O)C(C)(C)N)CC3)nc2=O)cc1. The number of ether oxygens (including phenoxy) is 1. The summed E-state index contributed by atoms with van der Waals surface area (Å²) in [5.41, 5.74) is 10.9. The predicted octanol–water partition coefficient (Wildman–Crippen LogP) is 0.450. The summed E-state index contributed by atoms with van der Waals surface area (Å²) in [5.74, 6) is 0.681. The van der Waals surface area contributed by atoms with Crippen LogP contribution in [0.3, 0.4) is 0 Å². The van der Waals surface area contributed by atoms with Gasteiger partial charge in [0.05, 0.1) is 11.2 Å². The third kappa shape index (κ3) is 6.64. The molecule has 2 fully saturated rings. The van der Waals surface area contributed by atoms with E-state index in [1.54, 1.807) is 60.2 Å². The van der Waals surface area contributed by atoms with Crippen molar-refractivity contribution in [2.45, 2.75) is 57.5 Å². The summed E-state index contributed by atoms with van der Waals surface area (Å²) in [4.78, 5) is 44.8. The van der Waals surface area contributed by atoms with Gasteiger partial charge in [0.25, 0.3) is 0 Å². The van der Waals surface area contributed by atoms with Crippen LogP contribution < -0.4 is 32.5 Å². The van der Waals surface area contributed by atoms with E-state index in [1.807, 2.05) is 6.92 Å². The normalized spacial score (nSPS) is 20.7. The minimum Gasteiger partial charge on any atom is -0.476 e. The molecule has 200 valence electrons. The molecule has 1 saturated heterocycles. The van der Waals surface area contributed by atoms with Crippen LogP contribution in [0.5, 0.6) is 5.75 Å². The van der Waals surface area contributed by atoms with Gasteiger partial charge in [0.1, 0.15) is 17.8 Å². The molecule has 1 unspecified atom stereocenters. The maximum atomic E-state index is 12.7. The van der Waals surface area contributed by atoms with E-state index in [9.17, 15) is 14.4 Å². The second-order valence-electron chi connectivity index (χ2n) is 10.2. The number of nitrogens with zero attached hydrogens (tertiary/aromatic N) is 4. The van der Waals surface area contributed by atoms with Gasteiger partial charge in [-0.25, -0.2) is 9.59 Å². The topological polar surface area (TPSA) is 161 Å². The van der Waals surface area contributed by atoms with E-state index in [0.29, 0.717) is 43.7 Å². The summed E-state index contributed by atoms with van der Waals surface area (Å²) in [7, 11) is 0. The number of hydrogen-bond acceptors (Lipinski definition) is 8. The van der Waals surface area contributed by atoms with E-state index in [0.717, 1.165) is 12.8 Å². The first kappa shape index (κ1) is 26.6. The van der Waals surface area contributed by atoms with Crippen molar-refractivity contribution in [3.8, 4) is 11.4 Å². The molecule has 4 rings (SSSR count). The molecule has 0 radical (unpaired) electrons. The zero-order valence-electron chi connectivity index (χ0n) is 21.5. The first-order chi connectivity index (χ1) is 17.5. The molecular formula is C25H36N8O4. The highest BCUT2D eigenvalue weighted by Crippen LogP contribution is 2.20. The van der Waals surface area contributed by atoms with Crippen molar-refractivity contribution >= 4 is 17.8 Å². The molecule has 1 atom stereocenters. The van der Waals surface area contributed by atoms with Crippen LogP contribution in [0.1, 0.15) is 33.6 Å². The summed E-state index contributed by atoms with van der Waals surface area (Å²) < 4.78 is 7.28. The van der Waals surface area contributed by atoms with Crippen LogP contribution in [0, 0.1) is 0 Å². The number of amides is 3. The first-order valence-corrected chi connectivity index (χ1v) is 12.5. The molecule has 6 N–H and O–H groups in total. The zero-order chi connectivity index (χ0) is 26.7. The third-order valence-corrected chi connectivity index (χ3v) is 6.52. The van der Waals surface area contributed by atoms with E-state index in [1.165, 1.54) is 4.57 Å². The van der Waals surface area contributed by atoms with Crippen LogP contribution in [-0.4, -0.2) is 81.3 Å². The molecule has 2 aliphatic rings. The Bertz CT molecular complexity index is 1160. The van der Waals surface area contributed by atoms with Crippen molar-refractivity contribution in [3.05, 3.63) is 47.0 Å². The molecule has 1 aliphatic carbocycles. The molecule has 12 nitrogen and oxygen atoms in total. The number of aromatic nitrogens is 2. The Morgan fingerprint density at radius 1 is 1.08 bits per heavy atom. The van der Waals surface area contributed by atoms with Crippen LogP contribution >= 0.6 is 0 Å². The Kier molecular flexibility index (Phi) is 7.81. The maximum absolute atomic E-state index is 12.7. The van der Waals surface area contributed by atoms with Gasteiger partial charge in [-0.15, -0.1) is 0 Å². The summed E-state index contributed by atoms with van der Waals surface area (Å²) >= 11 is 0. The number of piperazine rings is 1. The summed E-state index contributed by atoms with van der Waals surface area (Å²) in [6.45, 7) is 6.78. The number of nitrogens with one attached hydrogen (secondary N) is 2. The Morgan fingerprint density at radius 3 is 2.27 bits per heavy atom. The van der Waals surface area contributed by atoms with Gasteiger partial charge in [-0.2, -0.15) is 4.98 Å². The van der Waals surface area contributed by atoms with Crippen molar-refractivity contribution in [2.75, 3.05) is 31.5 Å². The van der Waals surface area contributed by atoms with Crippen LogP contribution in [0.15, 0.2) is 41.3 Å². The summed E-state index contributed by atoms with van der Waals surface area (Å²) in [6.07, 6.45) is 3.30. The molecular weight excluding hydrogens is 476 g/mol. The molecule has 37 heavy (non-hydrogen) atoms. The number of benzene rings is 1. The number of rotatable bonds is 7. The smallest absolute Gasteiger partial charge is 0.354 e. The fourth-order valence-electron chi connectivity index (χ4n) is 4.43. The lowest BCUT2D eigenvalue weighted by atomic mass is 9.87. The minimum atomic E-state index is -0.952. The Labute approximate surface area is 215 Å². The number of carbonyl (C=O) groups is 2. The van der Waals surface area contributed by atoms with Crippen molar-refractivity contribution in [1.82, 2.24) is 24.7 Å². The molecule has 2 heterocycles. The molecule has 1 saturated carbocycles. The van der Waals surface area contributed by atoms with E-state index < -0.39 is 11.2 Å². The van der Waals surface area contributed by atoms with Gasteiger partial charge >= 0.3 is 11.7 Å². The van der Waals surface area contributed by atoms with E-state index in [2.05, 4.69) is 15.6 Å². The lowest BCUT2D eigenvalue weighted by molar-refractivity contribution is -0.137. The average Bonchev–Trinajstić information content (AvgIpc) is 2.83. The largest absolute Gasteiger partial charge is 0.476 e. The van der Waals surface area contributed by atoms with Gasteiger partial charge in [0, 0.05) is 44.5 Å². The zero-order valence-corrected chi connectivity index (χ0v) is 21.5. The fraction of sp³-hybridized carbons (Fsp3) is 0.520. The molecule has 0 bridgehead atoms. The second-order valence-corrected chi connectivity index (χ2v) is 10.2. The first-order valence-electron chi connectivity index (χ1n) is 12.5. The Morgan fingerprint density at radius 2 is 1.70 bits per heavy atom. The van der Waals surface area contributed by atoms with Gasteiger partial charge in [-0.05, 0) is 63.9 Å². The molecule has 0 spiro atoms. The molecule has 12 heteroatoms. The lowest BCUT2D eigenvalue weighted by Gasteiger charge is -2.37. The van der Waals surface area contributed by atoms with Crippen LogP contribution in [-0.2, 0) is 4.79 Å². The molecule has 3 amide bonds. The number of hydrogen-bond donors (Lipinski definition) is 4. The van der Waals surface area contributed by atoms with Gasteiger partial charge < -0.3 is 26.0 Å². The number of carbonyl (C=O) groups excluding carboxylic acids is 2. The minimum absolute atomic E-state index is 0.150. The lowest BCUT2D eigenvalue weighted by Crippen LogP contribution is -2.58. The van der Waals surface area contributed by atoms with Gasteiger partial charge in [-0.3, -0.25) is 20.0 Å². The van der Waals surface area contributed by atoms with E-state index in [4.69, 9.17) is 16.2 Å². The van der Waals surface area contributed by atoms with Crippen LogP contribution in [0.25, 0.3) is 5.69 Å². The monoisotopic (exact) mass is 512 g/mol. The van der Waals surface area contributed by atoms with Crippen molar-refractivity contribution in [3.63, 3.8) is 0 Å². The van der Waals surface area contributed by atoms with Crippen molar-refractivity contribution in [1.29, 1.82) is 0 Å². The highest BCUT2D eigenvalue weighted by molar-refractivity contribution is 5.89. The quantitative estimate of drug-likeness (QED) is 0.389. The fourth-order valence-corrected chi connectivity index (χ4v) is 4.43. The third-order valence-electron chi connectivity index (χ3n) is 6.52. The summed E-state index contributed by atoms with van der Waals surface area (Å²) in [6, 6.07) is 8.96. The molecule has 2 aromatic rings. The van der Waals surface area contributed by atoms with Gasteiger partial charge in [0.2, 0.25) is 5.91 Å².